The van der Waals surface area contributed by atoms with Crippen LogP contribution in [-0.2, 0) is 0 Å². The van der Waals surface area contributed by atoms with Gasteiger partial charge < -0.3 is 25.7 Å². The van der Waals surface area contributed by atoms with E-state index in [0.717, 1.165) is 19.3 Å². The fraction of sp³-hybridized carbons (Fsp3) is 0.667. The van der Waals surface area contributed by atoms with Crippen LogP contribution in [0.15, 0.2) is 17.2 Å². The van der Waals surface area contributed by atoms with E-state index in [9.17, 15) is 29.2 Å². The van der Waals surface area contributed by atoms with Crippen LogP contribution in [0, 0.1) is 11.6 Å². The molecular weight excluding hydrogens is 388 g/mol. The summed E-state index contributed by atoms with van der Waals surface area (Å²) in [5, 5.41) is 44.7. The summed E-state index contributed by atoms with van der Waals surface area (Å²) >= 11 is 0. The summed E-state index contributed by atoms with van der Waals surface area (Å²) in [6.07, 6.45) is -0.397. The highest BCUT2D eigenvalue weighted by Crippen LogP contribution is 2.26. The molecule has 1 aromatic carbocycles. The minimum Gasteiger partial charge on any atom is -0.395 e. The van der Waals surface area contributed by atoms with Gasteiger partial charge in [-0.1, -0.05) is 18.0 Å². The molecule has 1 aromatic rings. The molecule has 0 unspecified atom stereocenters. The van der Waals surface area contributed by atoms with E-state index in [2.05, 4.69) is 15.3 Å². The first-order valence-electron chi connectivity index (χ1n) is 9.56. The van der Waals surface area contributed by atoms with Crippen LogP contribution in [0.3, 0.4) is 0 Å². The standard InChI is InChI=1S/C18H27F2N5O4/c19-15-11(5-6-12(16(15)20)23-24-21)22-7-3-1-2-4-8-25-9-14(27)18(29)17(28)13(25)10-26/h5-6,13-14,17-18,22,26-29H,1-4,7-10H2/t13-,14+,17-,18-/m1/s1. The number of azide groups is 1. The number of nitrogens with one attached hydrogen (secondary N) is 1. The number of rotatable bonds is 10. The molecule has 0 aromatic heterocycles. The normalized spacial score (nSPS) is 24.9. The van der Waals surface area contributed by atoms with Crippen molar-refractivity contribution in [3.8, 4) is 0 Å². The molecule has 11 heteroatoms. The lowest BCUT2D eigenvalue weighted by atomic mass is 9.94. The molecule has 0 amide bonds. The second-order valence-electron chi connectivity index (χ2n) is 7.08. The first-order chi connectivity index (χ1) is 13.9. The van der Waals surface area contributed by atoms with E-state index in [1.165, 1.54) is 12.1 Å². The van der Waals surface area contributed by atoms with E-state index >= 15 is 0 Å². The van der Waals surface area contributed by atoms with Crippen LogP contribution in [0.1, 0.15) is 25.7 Å². The van der Waals surface area contributed by atoms with E-state index in [1.807, 2.05) is 0 Å². The molecule has 0 radical (unpaired) electrons. The van der Waals surface area contributed by atoms with Crippen molar-refractivity contribution in [1.82, 2.24) is 4.90 Å². The van der Waals surface area contributed by atoms with Gasteiger partial charge in [-0.2, -0.15) is 0 Å². The Morgan fingerprint density at radius 1 is 1.10 bits per heavy atom. The van der Waals surface area contributed by atoms with E-state index < -0.39 is 41.7 Å². The Kier molecular flexibility index (Phi) is 9.02. The summed E-state index contributed by atoms with van der Waals surface area (Å²) in [5.41, 5.74) is 7.91. The van der Waals surface area contributed by atoms with E-state index in [1.54, 1.807) is 4.90 Å². The van der Waals surface area contributed by atoms with Crippen LogP contribution in [0.2, 0.25) is 0 Å². The predicted molar refractivity (Wildman–Crippen MR) is 103 cm³/mol. The van der Waals surface area contributed by atoms with Gasteiger partial charge in [0.15, 0.2) is 11.6 Å². The van der Waals surface area contributed by atoms with Crippen LogP contribution in [0.5, 0.6) is 0 Å². The van der Waals surface area contributed by atoms with Gasteiger partial charge in [-0.05, 0) is 37.1 Å². The number of hydrogen-bond acceptors (Lipinski definition) is 7. The molecule has 1 fully saturated rings. The fourth-order valence-corrected chi connectivity index (χ4v) is 3.45. The monoisotopic (exact) mass is 415 g/mol. The first-order valence-corrected chi connectivity index (χ1v) is 9.56. The number of aliphatic hydroxyl groups is 4. The van der Waals surface area contributed by atoms with Gasteiger partial charge in [0.2, 0.25) is 0 Å². The smallest absolute Gasteiger partial charge is 0.182 e. The molecule has 0 bridgehead atoms. The van der Waals surface area contributed by atoms with E-state index in [0.29, 0.717) is 19.5 Å². The molecule has 2 rings (SSSR count). The predicted octanol–water partition coefficient (Wildman–Crippen LogP) is 1.64. The SMILES string of the molecule is [N-]=[N+]=Nc1ccc(NCCCCCCN2C[C@H](O)[C@@H](O)[C@H](O)[C@H]2CO)c(F)c1F. The van der Waals surface area contributed by atoms with Crippen molar-refractivity contribution in [2.45, 2.75) is 50.0 Å². The van der Waals surface area contributed by atoms with Gasteiger partial charge in [-0.15, -0.1) is 0 Å². The van der Waals surface area contributed by atoms with Gasteiger partial charge in [-0.25, -0.2) is 8.78 Å². The third-order valence-corrected chi connectivity index (χ3v) is 5.12. The van der Waals surface area contributed by atoms with Crippen molar-refractivity contribution in [2.75, 3.05) is 31.6 Å². The van der Waals surface area contributed by atoms with Gasteiger partial charge in [-0.3, -0.25) is 4.90 Å². The maximum absolute atomic E-state index is 13.9. The molecule has 29 heavy (non-hydrogen) atoms. The average Bonchev–Trinajstić information content (AvgIpc) is 2.70. The zero-order valence-electron chi connectivity index (χ0n) is 16.0. The summed E-state index contributed by atoms with van der Waals surface area (Å²) in [5.74, 6) is -2.28. The summed E-state index contributed by atoms with van der Waals surface area (Å²) in [4.78, 5) is 4.21. The molecule has 162 valence electrons. The molecule has 1 heterocycles. The maximum atomic E-state index is 13.9. The first kappa shape index (κ1) is 23.3. The zero-order valence-corrected chi connectivity index (χ0v) is 16.0. The molecule has 9 nitrogen and oxygen atoms in total. The minimum atomic E-state index is -1.26. The van der Waals surface area contributed by atoms with Gasteiger partial charge in [0.05, 0.1) is 30.1 Å². The quantitative estimate of drug-likeness (QED) is 0.170. The maximum Gasteiger partial charge on any atom is 0.182 e. The summed E-state index contributed by atoms with van der Waals surface area (Å²) in [7, 11) is 0. The van der Waals surface area contributed by atoms with Crippen LogP contribution >= 0.6 is 0 Å². The van der Waals surface area contributed by atoms with Crippen molar-refractivity contribution in [2.24, 2.45) is 5.11 Å². The topological polar surface area (TPSA) is 145 Å². The lowest BCUT2D eigenvalue weighted by Gasteiger charge is -2.43. The molecule has 0 spiro atoms. The van der Waals surface area contributed by atoms with Crippen LogP contribution < -0.4 is 5.32 Å². The largest absolute Gasteiger partial charge is 0.395 e. The number of unbranched alkanes of at least 4 members (excludes halogenated alkanes) is 3. The molecule has 4 atom stereocenters. The second-order valence-corrected chi connectivity index (χ2v) is 7.08. The van der Waals surface area contributed by atoms with Crippen molar-refractivity contribution in [3.05, 3.63) is 34.2 Å². The Balaban J connectivity index is 1.69. The Hall–Kier alpha value is -2.01. The van der Waals surface area contributed by atoms with Crippen LogP contribution in [0.25, 0.3) is 10.4 Å². The molecule has 1 aliphatic heterocycles. The van der Waals surface area contributed by atoms with E-state index in [-0.39, 0.29) is 18.8 Å². The van der Waals surface area contributed by atoms with Crippen molar-refractivity contribution >= 4 is 11.4 Å². The van der Waals surface area contributed by atoms with Crippen molar-refractivity contribution < 1.29 is 29.2 Å². The number of nitrogens with zero attached hydrogens (tertiary/aromatic N) is 4. The summed E-state index contributed by atoms with van der Waals surface area (Å²) < 4.78 is 27.6. The van der Waals surface area contributed by atoms with Crippen molar-refractivity contribution in [1.29, 1.82) is 0 Å². The number of benzene rings is 1. The molecule has 0 saturated carbocycles. The second kappa shape index (κ2) is 11.2. The third kappa shape index (κ3) is 5.99. The average molecular weight is 415 g/mol. The molecule has 1 aliphatic rings. The molecule has 1 saturated heterocycles. The summed E-state index contributed by atoms with van der Waals surface area (Å²) in [6.45, 7) is 0.862. The number of aliphatic hydroxyl groups excluding tert-OH is 4. The van der Waals surface area contributed by atoms with Gasteiger partial charge in [0, 0.05) is 18.0 Å². The van der Waals surface area contributed by atoms with Gasteiger partial charge >= 0.3 is 0 Å². The number of anilines is 1. The highest BCUT2D eigenvalue weighted by molar-refractivity contribution is 5.53. The van der Waals surface area contributed by atoms with Gasteiger partial charge in [0.25, 0.3) is 0 Å². The van der Waals surface area contributed by atoms with Gasteiger partial charge in [0.1, 0.15) is 12.2 Å². The number of halogens is 2. The Morgan fingerprint density at radius 2 is 1.83 bits per heavy atom. The lowest BCUT2D eigenvalue weighted by molar-refractivity contribution is -0.145. The van der Waals surface area contributed by atoms with Crippen molar-refractivity contribution in [3.63, 3.8) is 0 Å². The van der Waals surface area contributed by atoms with Crippen LogP contribution in [0.4, 0.5) is 20.2 Å². The molecule has 0 aliphatic carbocycles. The fourth-order valence-electron chi connectivity index (χ4n) is 3.45. The number of piperidine rings is 1. The number of hydrogen-bond donors (Lipinski definition) is 5. The molecular formula is C18H27F2N5O4. The highest BCUT2D eigenvalue weighted by atomic mass is 19.2. The number of β-amino-alcohol motifs (C(OH)–C–C–N with tert-alkyl or cyclic N) is 1. The Labute approximate surface area is 167 Å². The molecule has 5 N–H and O–H groups in total. The Bertz CT molecular complexity index is 720. The number of likely N-dealkylation sites (tertiary alicyclic amines) is 1. The Morgan fingerprint density at radius 3 is 2.52 bits per heavy atom. The van der Waals surface area contributed by atoms with E-state index in [4.69, 9.17) is 5.53 Å². The summed E-state index contributed by atoms with van der Waals surface area (Å²) in [6, 6.07) is 1.91. The lowest BCUT2D eigenvalue weighted by Crippen LogP contribution is -2.62. The minimum absolute atomic E-state index is 0.0000250. The third-order valence-electron chi connectivity index (χ3n) is 5.12. The van der Waals surface area contributed by atoms with Crippen LogP contribution in [-0.4, -0.2) is 75.9 Å². The zero-order chi connectivity index (χ0) is 21.4. The highest BCUT2D eigenvalue weighted by Gasteiger charge is 2.40.